The van der Waals surface area contributed by atoms with Gasteiger partial charge in [0.25, 0.3) is 0 Å². The molecule has 1 aliphatic rings. The van der Waals surface area contributed by atoms with Gasteiger partial charge >= 0.3 is 0 Å². The van der Waals surface area contributed by atoms with Crippen molar-refractivity contribution in [3.8, 4) is 0 Å². The first-order valence-corrected chi connectivity index (χ1v) is 6.86. The van der Waals surface area contributed by atoms with Gasteiger partial charge in [0.15, 0.2) is 6.29 Å². The number of carbonyl (C=O) groups is 1. The summed E-state index contributed by atoms with van der Waals surface area (Å²) in [6.45, 7) is 0.667. The molecule has 0 N–H and O–H groups in total. The normalized spacial score (nSPS) is 16.6. The van der Waals surface area contributed by atoms with Crippen molar-refractivity contribution in [2.45, 2.75) is 44.7 Å². The first-order valence-electron chi connectivity index (χ1n) is 6.86. The van der Waals surface area contributed by atoms with Gasteiger partial charge < -0.3 is 4.57 Å². The Balaban J connectivity index is 1.68. The Hall–Kier alpha value is -1.91. The number of nitrogens with zero attached hydrogens (tertiary/aromatic N) is 4. The molecule has 2 aromatic rings. The number of hydrogen-bond donors (Lipinski definition) is 0. The molecular formula is C14H18N4O. The zero-order chi connectivity index (χ0) is 13.1. The molecule has 0 aliphatic heterocycles. The van der Waals surface area contributed by atoms with Crippen LogP contribution in [0, 0.1) is 0 Å². The zero-order valence-electron chi connectivity index (χ0n) is 10.9. The number of aldehydes is 1. The molecule has 0 saturated heterocycles. The van der Waals surface area contributed by atoms with Gasteiger partial charge in [-0.1, -0.05) is 19.3 Å². The second kappa shape index (κ2) is 5.38. The average Bonchev–Trinajstić information content (AvgIpc) is 3.09. The molecule has 5 nitrogen and oxygen atoms in total. The summed E-state index contributed by atoms with van der Waals surface area (Å²) in [5.41, 5.74) is 1.48. The molecule has 2 heterocycles. The number of carbonyl (C=O) groups excluding carboxylic acids is 1. The van der Waals surface area contributed by atoms with E-state index in [2.05, 4.69) is 27.0 Å². The van der Waals surface area contributed by atoms with Crippen molar-refractivity contribution < 1.29 is 4.79 Å². The van der Waals surface area contributed by atoms with Crippen molar-refractivity contribution in [2.24, 2.45) is 0 Å². The fourth-order valence-corrected chi connectivity index (χ4v) is 2.72. The molecule has 0 bridgehead atoms. The fraction of sp³-hybridized carbons (Fsp3) is 0.500. The van der Waals surface area contributed by atoms with E-state index in [4.69, 9.17) is 0 Å². The third-order valence-corrected chi connectivity index (χ3v) is 3.73. The van der Waals surface area contributed by atoms with Crippen LogP contribution < -0.4 is 0 Å². The number of rotatable bonds is 4. The van der Waals surface area contributed by atoms with E-state index >= 15 is 0 Å². The minimum atomic E-state index is 0.465. The van der Waals surface area contributed by atoms with Crippen molar-refractivity contribution in [3.63, 3.8) is 0 Å². The number of hydrogen-bond acceptors (Lipinski definition) is 3. The topological polar surface area (TPSA) is 52.7 Å². The van der Waals surface area contributed by atoms with E-state index < -0.39 is 0 Å². The van der Waals surface area contributed by atoms with Crippen LogP contribution in [0.2, 0.25) is 0 Å². The third kappa shape index (κ3) is 2.75. The zero-order valence-corrected chi connectivity index (χ0v) is 10.9. The molecule has 0 unspecified atom stereocenters. The highest BCUT2D eigenvalue weighted by molar-refractivity contribution is 5.70. The minimum absolute atomic E-state index is 0.465. The van der Waals surface area contributed by atoms with Crippen molar-refractivity contribution in [3.05, 3.63) is 36.2 Å². The van der Waals surface area contributed by atoms with Gasteiger partial charge in [-0.25, -0.2) is 4.98 Å². The molecule has 0 aromatic carbocycles. The van der Waals surface area contributed by atoms with Gasteiger partial charge in [-0.05, 0) is 18.9 Å². The van der Waals surface area contributed by atoms with Crippen molar-refractivity contribution >= 4 is 6.29 Å². The summed E-state index contributed by atoms with van der Waals surface area (Å²) in [6.07, 6.45) is 12.7. The predicted octanol–water partition coefficient (Wildman–Crippen LogP) is 2.45. The Labute approximate surface area is 112 Å². The highest BCUT2D eigenvalue weighted by Gasteiger charge is 2.15. The van der Waals surface area contributed by atoms with Gasteiger partial charge in [-0.15, -0.1) is 0 Å². The van der Waals surface area contributed by atoms with E-state index in [-0.39, 0.29) is 0 Å². The van der Waals surface area contributed by atoms with Crippen LogP contribution >= 0.6 is 0 Å². The molecule has 1 aliphatic carbocycles. The lowest BCUT2D eigenvalue weighted by Gasteiger charge is -2.21. The van der Waals surface area contributed by atoms with E-state index in [1.54, 1.807) is 12.5 Å². The molecule has 5 heteroatoms. The van der Waals surface area contributed by atoms with Crippen LogP contribution in [0.15, 0.2) is 24.8 Å². The lowest BCUT2D eigenvalue weighted by atomic mass is 9.96. The maximum Gasteiger partial charge on any atom is 0.169 e. The molecule has 0 spiro atoms. The molecule has 3 rings (SSSR count). The summed E-state index contributed by atoms with van der Waals surface area (Å²) in [4.78, 5) is 14.6. The Morgan fingerprint density at radius 3 is 2.89 bits per heavy atom. The van der Waals surface area contributed by atoms with Crippen LogP contribution in [0.1, 0.15) is 54.3 Å². The first kappa shape index (κ1) is 12.1. The Morgan fingerprint density at radius 2 is 2.16 bits per heavy atom. The molecule has 1 fully saturated rings. The molecule has 100 valence electrons. The summed E-state index contributed by atoms with van der Waals surface area (Å²) in [7, 11) is 0. The summed E-state index contributed by atoms with van der Waals surface area (Å²) < 4.78 is 3.99. The Morgan fingerprint density at radius 1 is 1.32 bits per heavy atom. The average molecular weight is 258 g/mol. The molecule has 19 heavy (non-hydrogen) atoms. The standard InChI is InChI=1S/C14H18N4O/c19-10-13-9-17(11-15-13)8-12-6-7-18(16-12)14-4-2-1-3-5-14/h6-7,9-11,14H,1-5,8H2. The Kier molecular flexibility index (Phi) is 3.44. The molecule has 0 radical (unpaired) electrons. The SMILES string of the molecule is O=Cc1cn(Cc2ccn(C3CCCCC3)n2)cn1. The van der Waals surface area contributed by atoms with Gasteiger partial charge in [-0.3, -0.25) is 9.48 Å². The van der Waals surface area contributed by atoms with E-state index in [0.717, 1.165) is 12.0 Å². The van der Waals surface area contributed by atoms with Gasteiger partial charge in [-0.2, -0.15) is 5.10 Å². The minimum Gasteiger partial charge on any atom is -0.331 e. The van der Waals surface area contributed by atoms with Gasteiger partial charge in [0.1, 0.15) is 5.69 Å². The van der Waals surface area contributed by atoms with Crippen LogP contribution in [0.5, 0.6) is 0 Å². The summed E-state index contributed by atoms with van der Waals surface area (Å²) in [6, 6.07) is 2.62. The van der Waals surface area contributed by atoms with Gasteiger partial charge in [0.05, 0.1) is 24.6 Å². The quantitative estimate of drug-likeness (QED) is 0.791. The largest absolute Gasteiger partial charge is 0.331 e. The first-order chi connectivity index (χ1) is 9.35. The van der Waals surface area contributed by atoms with Crippen LogP contribution in [0.25, 0.3) is 0 Å². The number of imidazole rings is 1. The second-order valence-corrected chi connectivity index (χ2v) is 5.17. The molecule has 2 aromatic heterocycles. The smallest absolute Gasteiger partial charge is 0.169 e. The molecular weight excluding hydrogens is 240 g/mol. The highest BCUT2D eigenvalue weighted by atomic mass is 16.1. The lowest BCUT2D eigenvalue weighted by molar-refractivity contribution is 0.111. The van der Waals surface area contributed by atoms with Crippen molar-refractivity contribution in [1.82, 2.24) is 19.3 Å². The molecule has 0 amide bonds. The van der Waals surface area contributed by atoms with Crippen LogP contribution in [-0.2, 0) is 6.54 Å². The summed E-state index contributed by atoms with van der Waals surface area (Å²) >= 11 is 0. The highest BCUT2D eigenvalue weighted by Crippen LogP contribution is 2.27. The van der Waals surface area contributed by atoms with Crippen molar-refractivity contribution in [2.75, 3.05) is 0 Å². The maximum absolute atomic E-state index is 10.6. The lowest BCUT2D eigenvalue weighted by Crippen LogP contribution is -2.13. The van der Waals surface area contributed by atoms with E-state index in [1.165, 1.54) is 32.1 Å². The Bertz CT molecular complexity index is 551. The van der Waals surface area contributed by atoms with Crippen molar-refractivity contribution in [1.29, 1.82) is 0 Å². The van der Waals surface area contributed by atoms with Crippen LogP contribution in [0.4, 0.5) is 0 Å². The number of aromatic nitrogens is 4. The van der Waals surface area contributed by atoms with E-state index in [0.29, 0.717) is 18.3 Å². The molecule has 1 saturated carbocycles. The summed E-state index contributed by atoms with van der Waals surface area (Å²) in [5.74, 6) is 0. The van der Waals surface area contributed by atoms with E-state index in [1.807, 2.05) is 4.57 Å². The monoisotopic (exact) mass is 258 g/mol. The fourth-order valence-electron chi connectivity index (χ4n) is 2.72. The summed E-state index contributed by atoms with van der Waals surface area (Å²) in [5, 5.41) is 4.64. The maximum atomic E-state index is 10.6. The van der Waals surface area contributed by atoms with Crippen LogP contribution in [0.3, 0.4) is 0 Å². The molecule has 0 atom stereocenters. The van der Waals surface area contributed by atoms with Gasteiger partial charge in [0, 0.05) is 12.4 Å². The second-order valence-electron chi connectivity index (χ2n) is 5.17. The third-order valence-electron chi connectivity index (χ3n) is 3.73. The van der Waals surface area contributed by atoms with Gasteiger partial charge in [0.2, 0.25) is 0 Å². The van der Waals surface area contributed by atoms with E-state index in [9.17, 15) is 4.79 Å². The predicted molar refractivity (Wildman–Crippen MR) is 71.1 cm³/mol. The van der Waals surface area contributed by atoms with Crippen LogP contribution in [-0.4, -0.2) is 25.6 Å².